The van der Waals surface area contributed by atoms with Crippen molar-refractivity contribution in [2.24, 2.45) is 5.92 Å². The van der Waals surface area contributed by atoms with Gasteiger partial charge < -0.3 is 4.90 Å². The summed E-state index contributed by atoms with van der Waals surface area (Å²) in [4.78, 5) is 36.4. The topological polar surface area (TPSA) is 57.9 Å². The predicted octanol–water partition coefficient (Wildman–Crippen LogP) is 5.60. The number of benzene rings is 2. The number of anilines is 1. The van der Waals surface area contributed by atoms with Crippen molar-refractivity contribution in [3.8, 4) is 0 Å². The monoisotopic (exact) mass is 566 g/mol. The molecule has 0 spiro atoms. The van der Waals surface area contributed by atoms with E-state index in [1.807, 2.05) is 48.5 Å². The summed E-state index contributed by atoms with van der Waals surface area (Å²) < 4.78 is 2.07. The van der Waals surface area contributed by atoms with Gasteiger partial charge >= 0.3 is 0 Å². The summed E-state index contributed by atoms with van der Waals surface area (Å²) >= 11 is 6.84. The summed E-state index contributed by atoms with van der Waals surface area (Å²) in [6, 6.07) is 26.2. The van der Waals surface area contributed by atoms with Crippen molar-refractivity contribution in [2.75, 3.05) is 24.5 Å². The maximum absolute atomic E-state index is 13.8. The molecule has 0 N–H and O–H groups in total. The molecule has 0 radical (unpaired) electrons. The molecular weight excluding hydrogens is 537 g/mol. The van der Waals surface area contributed by atoms with Gasteiger partial charge in [0.15, 0.2) is 0 Å². The lowest BCUT2D eigenvalue weighted by Gasteiger charge is -2.33. The zero-order chi connectivity index (χ0) is 27.5. The Balaban J connectivity index is 1.27. The Bertz CT molecular complexity index is 1630. The molecule has 4 heterocycles. The summed E-state index contributed by atoms with van der Waals surface area (Å²) in [6.45, 7) is 2.13. The Kier molecular flexibility index (Phi) is 7.80. The second-order valence-corrected chi connectivity index (χ2v) is 11.9. The highest BCUT2D eigenvalue weighted by Crippen LogP contribution is 2.34. The highest BCUT2D eigenvalue weighted by molar-refractivity contribution is 8.26. The molecule has 0 unspecified atom stereocenters. The van der Waals surface area contributed by atoms with E-state index in [1.165, 1.54) is 17.3 Å². The van der Waals surface area contributed by atoms with Gasteiger partial charge in [-0.2, -0.15) is 0 Å². The van der Waals surface area contributed by atoms with Crippen molar-refractivity contribution in [1.82, 2.24) is 14.3 Å². The Labute approximate surface area is 243 Å². The van der Waals surface area contributed by atoms with Gasteiger partial charge in [0.2, 0.25) is 0 Å². The first-order chi connectivity index (χ1) is 19.6. The average molecular weight is 567 g/mol. The van der Waals surface area contributed by atoms with Gasteiger partial charge in [-0.15, -0.1) is 0 Å². The van der Waals surface area contributed by atoms with E-state index in [4.69, 9.17) is 17.2 Å². The van der Waals surface area contributed by atoms with Gasteiger partial charge in [0.1, 0.15) is 15.8 Å². The van der Waals surface area contributed by atoms with Gasteiger partial charge in [-0.1, -0.05) is 90.7 Å². The van der Waals surface area contributed by atoms with Gasteiger partial charge in [0.05, 0.1) is 10.5 Å². The zero-order valence-electron chi connectivity index (χ0n) is 22.1. The highest BCUT2D eigenvalue weighted by Gasteiger charge is 2.33. The third-order valence-corrected chi connectivity index (χ3v) is 9.02. The van der Waals surface area contributed by atoms with Crippen LogP contribution in [0.25, 0.3) is 11.7 Å². The smallest absolute Gasteiger partial charge is 0.267 e. The van der Waals surface area contributed by atoms with Crippen LogP contribution in [0.1, 0.15) is 29.5 Å². The molecule has 2 fully saturated rings. The third-order valence-electron chi connectivity index (χ3n) is 7.65. The number of carbonyl (C=O) groups excluding carboxylic acids is 1. The highest BCUT2D eigenvalue weighted by atomic mass is 32.2. The molecule has 2 saturated heterocycles. The number of piperidine rings is 1. The quantitative estimate of drug-likeness (QED) is 0.215. The third kappa shape index (κ3) is 5.60. The number of nitrogens with zero attached hydrogens (tertiary/aromatic N) is 4. The lowest BCUT2D eigenvalue weighted by molar-refractivity contribution is -0.122. The molecule has 1 amide bonds. The summed E-state index contributed by atoms with van der Waals surface area (Å²) in [6.07, 6.45) is 7.24. The van der Waals surface area contributed by atoms with E-state index in [0.717, 1.165) is 37.9 Å². The van der Waals surface area contributed by atoms with Crippen molar-refractivity contribution < 1.29 is 4.79 Å². The maximum atomic E-state index is 13.8. The molecule has 40 heavy (non-hydrogen) atoms. The van der Waals surface area contributed by atoms with E-state index in [-0.39, 0.29) is 11.5 Å². The molecule has 8 heteroatoms. The molecule has 0 aliphatic carbocycles. The molecular formula is C32H30N4O2S2. The van der Waals surface area contributed by atoms with Crippen LogP contribution >= 0.6 is 24.0 Å². The number of fused-ring (bicyclic) bond motifs is 1. The van der Waals surface area contributed by atoms with Crippen molar-refractivity contribution in [2.45, 2.75) is 25.7 Å². The number of amides is 1. The first-order valence-corrected chi connectivity index (χ1v) is 14.9. The van der Waals surface area contributed by atoms with Crippen LogP contribution < -0.4 is 10.5 Å². The van der Waals surface area contributed by atoms with Gasteiger partial charge in [0, 0.05) is 25.8 Å². The molecule has 2 aromatic carbocycles. The summed E-state index contributed by atoms with van der Waals surface area (Å²) in [5.41, 5.74) is 3.37. The Morgan fingerprint density at radius 3 is 2.30 bits per heavy atom. The summed E-state index contributed by atoms with van der Waals surface area (Å²) in [5, 5.41) is 0. The van der Waals surface area contributed by atoms with Crippen molar-refractivity contribution in [1.29, 1.82) is 0 Å². The summed E-state index contributed by atoms with van der Waals surface area (Å²) in [5.74, 6) is 1.07. The number of hydrogen-bond acceptors (Lipinski definition) is 6. The number of carbonyl (C=O) groups is 1. The van der Waals surface area contributed by atoms with Crippen molar-refractivity contribution in [3.05, 3.63) is 117 Å². The first-order valence-electron chi connectivity index (χ1n) is 13.7. The number of thioether (sulfide) groups is 1. The van der Waals surface area contributed by atoms with Gasteiger partial charge in [-0.25, -0.2) is 4.98 Å². The second kappa shape index (κ2) is 11.8. The maximum Gasteiger partial charge on any atom is 0.267 e. The number of rotatable bonds is 7. The van der Waals surface area contributed by atoms with Crippen LogP contribution in [0.15, 0.2) is 94.8 Å². The Morgan fingerprint density at radius 1 is 0.900 bits per heavy atom. The van der Waals surface area contributed by atoms with Crippen LogP contribution in [0.5, 0.6) is 0 Å². The van der Waals surface area contributed by atoms with Crippen molar-refractivity contribution in [3.63, 3.8) is 0 Å². The summed E-state index contributed by atoms with van der Waals surface area (Å²) in [7, 11) is 0. The molecule has 0 saturated carbocycles. The van der Waals surface area contributed by atoms with Crippen LogP contribution in [0.3, 0.4) is 0 Å². The van der Waals surface area contributed by atoms with Gasteiger partial charge in [0.25, 0.3) is 11.5 Å². The van der Waals surface area contributed by atoms with Gasteiger partial charge in [-0.05, 0) is 60.9 Å². The van der Waals surface area contributed by atoms with Crippen LogP contribution in [0, 0.1) is 5.92 Å². The molecule has 2 aliphatic heterocycles. The fourth-order valence-electron chi connectivity index (χ4n) is 5.46. The normalized spacial score (nSPS) is 17.4. The average Bonchev–Trinajstić information content (AvgIpc) is 3.26. The molecule has 4 aromatic rings. The van der Waals surface area contributed by atoms with E-state index in [2.05, 4.69) is 35.2 Å². The minimum absolute atomic E-state index is 0.156. The number of aromatic nitrogens is 2. The molecule has 0 bridgehead atoms. The van der Waals surface area contributed by atoms with E-state index < -0.39 is 0 Å². The first kappa shape index (κ1) is 26.5. The van der Waals surface area contributed by atoms with Crippen molar-refractivity contribution >= 4 is 51.7 Å². The second-order valence-electron chi connectivity index (χ2n) is 10.3. The number of thiocarbonyl (C=S) groups is 1. The van der Waals surface area contributed by atoms with Gasteiger partial charge in [-0.3, -0.25) is 18.9 Å². The van der Waals surface area contributed by atoms with Crippen LogP contribution in [-0.2, 0) is 17.6 Å². The predicted molar refractivity (Wildman–Crippen MR) is 167 cm³/mol. The SMILES string of the molecule is O=C1C(=Cc2c(N3CCC(Cc4ccccc4)CC3)nc3ccccn3c2=O)SC(=S)N1CCc1ccccc1. The molecule has 202 valence electrons. The van der Waals surface area contributed by atoms with Crippen LogP contribution in [-0.4, -0.2) is 44.1 Å². The molecule has 0 atom stereocenters. The fourth-order valence-corrected chi connectivity index (χ4v) is 6.75. The van der Waals surface area contributed by atoms with E-state index in [0.29, 0.717) is 45.1 Å². The molecule has 2 aliphatic rings. The standard InChI is InChI=1S/C32H30N4O2S2/c37-30-26(22-27-31(38)36(32(39)40-27)20-16-23-9-3-1-4-10-23)29(33-28-13-7-8-17-35(28)30)34-18-14-25(15-19-34)21-24-11-5-2-6-12-24/h1-13,17,22,25H,14-16,18-21H2. The lowest BCUT2D eigenvalue weighted by Crippen LogP contribution is -2.37. The Hall–Kier alpha value is -3.75. The van der Waals surface area contributed by atoms with E-state index >= 15 is 0 Å². The lowest BCUT2D eigenvalue weighted by atomic mass is 9.90. The fraction of sp³-hybridized carbons (Fsp3) is 0.250. The van der Waals surface area contributed by atoms with E-state index in [9.17, 15) is 9.59 Å². The number of hydrogen-bond donors (Lipinski definition) is 0. The molecule has 6 nitrogen and oxygen atoms in total. The Morgan fingerprint density at radius 2 is 1.57 bits per heavy atom. The number of pyridine rings is 1. The minimum Gasteiger partial charge on any atom is -0.356 e. The van der Waals surface area contributed by atoms with Crippen LogP contribution in [0.2, 0.25) is 0 Å². The van der Waals surface area contributed by atoms with Crippen LogP contribution in [0.4, 0.5) is 5.82 Å². The molecule has 2 aromatic heterocycles. The minimum atomic E-state index is -0.179. The largest absolute Gasteiger partial charge is 0.356 e. The molecule has 6 rings (SSSR count). The van der Waals surface area contributed by atoms with E-state index in [1.54, 1.807) is 21.6 Å². The zero-order valence-corrected chi connectivity index (χ0v) is 23.7.